The summed E-state index contributed by atoms with van der Waals surface area (Å²) in [4.78, 5) is -2.69. The Morgan fingerprint density at radius 1 is 0.677 bits per heavy atom. The summed E-state index contributed by atoms with van der Waals surface area (Å²) in [5.74, 6) is 0. The van der Waals surface area contributed by atoms with Crippen molar-refractivity contribution in [2.75, 3.05) is 6.79 Å². The van der Waals surface area contributed by atoms with Gasteiger partial charge in [-0.2, -0.15) is 43.2 Å². The van der Waals surface area contributed by atoms with Gasteiger partial charge in [0.1, 0.15) is 9.79 Å². The molecule has 0 aliphatic carbocycles. The summed E-state index contributed by atoms with van der Waals surface area (Å²) in [6.45, 7) is -1.70. The van der Waals surface area contributed by atoms with Crippen molar-refractivity contribution in [1.82, 2.24) is 0 Å². The summed E-state index contributed by atoms with van der Waals surface area (Å²) in [7, 11) is -10.4. The third-order valence-corrected chi connectivity index (χ3v) is 7.03. The van der Waals surface area contributed by atoms with Crippen LogP contribution in [0.5, 0.6) is 0 Å². The maximum absolute atomic E-state index is 13.1. The number of rotatable bonds is 6. The molecule has 2 rings (SSSR count). The molecule has 0 fully saturated rings. The predicted octanol–water partition coefficient (Wildman–Crippen LogP) is 5.32. The van der Waals surface area contributed by atoms with Crippen molar-refractivity contribution < 1.29 is 51.5 Å². The van der Waals surface area contributed by atoms with Crippen molar-refractivity contribution in [2.24, 2.45) is 0 Å². The van der Waals surface area contributed by atoms with E-state index in [1.165, 1.54) is 0 Å². The molecule has 0 atom stereocenters. The standard InChI is InChI=1S/C15H8Br2F6O6S2/c16-8-1-3-12(10(5-8)14(18,19)20)30(24,25)28-7-29-31(26,27)13-4-2-9(17)6-11(13)15(21,22)23/h1-6H,7H2. The molecule has 0 N–H and O–H groups in total. The zero-order valence-electron chi connectivity index (χ0n) is 14.5. The monoisotopic (exact) mass is 620 g/mol. The summed E-state index contributed by atoms with van der Waals surface area (Å²) in [6.07, 6.45) is -10.2. The fourth-order valence-electron chi connectivity index (χ4n) is 2.16. The van der Waals surface area contributed by atoms with Crippen LogP contribution >= 0.6 is 31.9 Å². The lowest BCUT2D eigenvalue weighted by Crippen LogP contribution is -2.19. The van der Waals surface area contributed by atoms with Crippen LogP contribution in [0.2, 0.25) is 0 Å². The minimum atomic E-state index is -5.20. The third kappa shape index (κ3) is 6.41. The van der Waals surface area contributed by atoms with Crippen LogP contribution in [0.3, 0.4) is 0 Å². The quantitative estimate of drug-likeness (QED) is 0.247. The molecule has 0 aromatic heterocycles. The highest BCUT2D eigenvalue weighted by molar-refractivity contribution is 9.10. The van der Waals surface area contributed by atoms with Crippen LogP contribution < -0.4 is 0 Å². The molecule has 0 bridgehead atoms. The molecule has 16 heteroatoms. The van der Waals surface area contributed by atoms with Crippen molar-refractivity contribution in [2.45, 2.75) is 22.1 Å². The van der Waals surface area contributed by atoms with Gasteiger partial charge in [-0.15, -0.1) is 0 Å². The van der Waals surface area contributed by atoms with Crippen LogP contribution in [0, 0.1) is 0 Å². The molecule has 0 radical (unpaired) electrons. The summed E-state index contributed by atoms with van der Waals surface area (Å²) in [5, 5.41) is 0. The zero-order chi connectivity index (χ0) is 23.8. The minimum Gasteiger partial charge on any atom is -0.236 e. The number of hydrogen-bond donors (Lipinski definition) is 0. The summed E-state index contributed by atoms with van der Waals surface area (Å²) in [6, 6.07) is 3.91. The second-order valence-corrected chi connectivity index (χ2v) is 10.5. The number of hydrogen-bond acceptors (Lipinski definition) is 6. The number of benzene rings is 2. The molecule has 172 valence electrons. The fourth-order valence-corrected chi connectivity index (χ4v) is 4.90. The van der Waals surface area contributed by atoms with E-state index in [1.54, 1.807) is 0 Å². The average Bonchev–Trinajstić information content (AvgIpc) is 2.59. The van der Waals surface area contributed by atoms with Crippen LogP contribution in [0.4, 0.5) is 26.3 Å². The van der Waals surface area contributed by atoms with E-state index in [4.69, 9.17) is 0 Å². The highest BCUT2D eigenvalue weighted by Gasteiger charge is 2.39. The van der Waals surface area contributed by atoms with Crippen LogP contribution in [0.15, 0.2) is 55.1 Å². The lowest BCUT2D eigenvalue weighted by molar-refractivity contribution is -0.140. The number of alkyl halides is 6. The van der Waals surface area contributed by atoms with E-state index in [0.717, 1.165) is 12.1 Å². The van der Waals surface area contributed by atoms with Gasteiger partial charge in [-0.1, -0.05) is 31.9 Å². The van der Waals surface area contributed by atoms with Crippen LogP contribution in [0.1, 0.15) is 11.1 Å². The van der Waals surface area contributed by atoms with Crippen molar-refractivity contribution >= 4 is 52.1 Å². The highest BCUT2D eigenvalue weighted by atomic mass is 79.9. The van der Waals surface area contributed by atoms with E-state index >= 15 is 0 Å². The predicted molar refractivity (Wildman–Crippen MR) is 99.7 cm³/mol. The molecule has 0 unspecified atom stereocenters. The Hall–Kier alpha value is -1.20. The van der Waals surface area contributed by atoms with Gasteiger partial charge < -0.3 is 0 Å². The summed E-state index contributed by atoms with van der Waals surface area (Å²) >= 11 is 5.51. The van der Waals surface area contributed by atoms with Gasteiger partial charge in [0.2, 0.25) is 0 Å². The summed E-state index contributed by atoms with van der Waals surface area (Å²) in [5.41, 5.74) is -3.23. The number of halogens is 8. The SMILES string of the molecule is O=S(=O)(OCOS(=O)(=O)c1ccc(Br)cc1C(F)(F)F)c1ccc(Br)cc1C(F)(F)F. The first-order valence-electron chi connectivity index (χ1n) is 7.47. The van der Waals surface area contributed by atoms with Gasteiger partial charge in [0.05, 0.1) is 11.1 Å². The van der Waals surface area contributed by atoms with Crippen molar-refractivity contribution in [3.8, 4) is 0 Å². The normalized spacial score (nSPS) is 13.4. The van der Waals surface area contributed by atoms with E-state index in [2.05, 4.69) is 40.2 Å². The first-order chi connectivity index (χ1) is 13.9. The van der Waals surface area contributed by atoms with Gasteiger partial charge in [-0.25, -0.2) is 8.37 Å². The van der Waals surface area contributed by atoms with Crippen LogP contribution in [0.25, 0.3) is 0 Å². The molecule has 0 heterocycles. The Balaban J connectivity index is 2.30. The van der Waals surface area contributed by atoms with Gasteiger partial charge in [-0.3, -0.25) is 0 Å². The molecule has 0 spiro atoms. The molecule has 2 aromatic rings. The molecule has 0 saturated heterocycles. The van der Waals surface area contributed by atoms with Crippen molar-refractivity contribution in [3.63, 3.8) is 0 Å². The van der Waals surface area contributed by atoms with E-state index in [1.807, 2.05) is 0 Å². The van der Waals surface area contributed by atoms with Gasteiger partial charge in [-0.05, 0) is 36.4 Å². The molecule has 0 amide bonds. The van der Waals surface area contributed by atoms with Crippen molar-refractivity contribution in [3.05, 3.63) is 56.5 Å². The van der Waals surface area contributed by atoms with Crippen LogP contribution in [-0.4, -0.2) is 23.6 Å². The molecule has 0 saturated carbocycles. The lowest BCUT2D eigenvalue weighted by Gasteiger charge is -2.15. The topological polar surface area (TPSA) is 86.7 Å². The molecule has 2 aromatic carbocycles. The first-order valence-corrected chi connectivity index (χ1v) is 11.9. The van der Waals surface area contributed by atoms with E-state index in [0.29, 0.717) is 24.3 Å². The summed E-state index contributed by atoms with van der Waals surface area (Å²) < 4.78 is 135. The highest BCUT2D eigenvalue weighted by Crippen LogP contribution is 2.38. The molecular formula is C15H8Br2F6O6S2. The molecule has 6 nitrogen and oxygen atoms in total. The third-order valence-electron chi connectivity index (χ3n) is 3.44. The molecule has 0 aliphatic rings. The zero-order valence-corrected chi connectivity index (χ0v) is 19.3. The lowest BCUT2D eigenvalue weighted by atomic mass is 10.2. The Morgan fingerprint density at radius 3 is 1.29 bits per heavy atom. The largest absolute Gasteiger partial charge is 0.417 e. The Bertz CT molecular complexity index is 1100. The van der Waals surface area contributed by atoms with Gasteiger partial charge in [0.15, 0.2) is 6.79 Å². The Labute approximate surface area is 188 Å². The molecule has 31 heavy (non-hydrogen) atoms. The second-order valence-electron chi connectivity index (χ2n) is 5.54. The van der Waals surface area contributed by atoms with Gasteiger partial charge in [0.25, 0.3) is 20.2 Å². The average molecular weight is 622 g/mol. The Morgan fingerprint density at radius 2 is 1.00 bits per heavy atom. The second kappa shape index (κ2) is 8.97. The maximum Gasteiger partial charge on any atom is 0.417 e. The van der Waals surface area contributed by atoms with Gasteiger partial charge in [0, 0.05) is 8.95 Å². The minimum absolute atomic E-state index is 0.104. The van der Waals surface area contributed by atoms with Crippen LogP contribution in [-0.2, 0) is 41.0 Å². The van der Waals surface area contributed by atoms with E-state index in [9.17, 15) is 43.2 Å². The molecule has 0 aliphatic heterocycles. The molecular weight excluding hydrogens is 614 g/mol. The first kappa shape index (κ1) is 26.1. The van der Waals surface area contributed by atoms with Gasteiger partial charge >= 0.3 is 12.4 Å². The Kier molecular flexibility index (Phi) is 7.54. The maximum atomic E-state index is 13.1. The van der Waals surface area contributed by atoms with Crippen molar-refractivity contribution in [1.29, 1.82) is 0 Å². The van der Waals surface area contributed by atoms with E-state index in [-0.39, 0.29) is 8.95 Å². The van der Waals surface area contributed by atoms with E-state index < -0.39 is 60.3 Å². The fraction of sp³-hybridized carbons (Fsp3) is 0.200. The smallest absolute Gasteiger partial charge is 0.236 e.